The Balaban J connectivity index is 1.42. The number of nitrogens with one attached hydrogen (secondary N) is 1. The van der Waals surface area contributed by atoms with Crippen molar-refractivity contribution in [2.24, 2.45) is 11.1 Å². The molecule has 2 aliphatic carbocycles. The van der Waals surface area contributed by atoms with Gasteiger partial charge in [-0.15, -0.1) is 0 Å². The molecule has 3 aliphatic rings. The fraction of sp³-hybridized carbons (Fsp3) is 0.417. The number of rotatable bonds is 6. The molecule has 0 radical (unpaired) electrons. The van der Waals surface area contributed by atoms with Crippen LogP contribution in [0, 0.1) is 11.2 Å². The van der Waals surface area contributed by atoms with Crippen molar-refractivity contribution >= 4 is 11.5 Å². The Bertz CT molecular complexity index is 1260. The summed E-state index contributed by atoms with van der Waals surface area (Å²) < 4.78 is 25.5. The fourth-order valence-corrected chi connectivity index (χ4v) is 5.14. The van der Waals surface area contributed by atoms with Crippen molar-refractivity contribution in [2.45, 2.75) is 31.9 Å². The van der Waals surface area contributed by atoms with Gasteiger partial charge >= 0.3 is 6.01 Å². The SMILES string of the molecule is CNc1cc(F)cc2c1Cc1nc(Oc3cnc(COC)nc3)nc(N3CC(N)C4(CC4)C3)c1-2. The van der Waals surface area contributed by atoms with Crippen molar-refractivity contribution in [2.75, 3.05) is 37.5 Å². The lowest BCUT2D eigenvalue weighted by molar-refractivity contribution is 0.177. The van der Waals surface area contributed by atoms with E-state index in [4.69, 9.17) is 25.2 Å². The van der Waals surface area contributed by atoms with Crippen LogP contribution in [0.25, 0.3) is 11.1 Å². The molecular weight excluding hydrogens is 437 g/mol. The number of fused-ring (bicyclic) bond motifs is 3. The maximum atomic E-state index is 14.5. The van der Waals surface area contributed by atoms with Gasteiger partial charge in [0.25, 0.3) is 0 Å². The van der Waals surface area contributed by atoms with Crippen LogP contribution in [0.15, 0.2) is 24.5 Å². The van der Waals surface area contributed by atoms with Crippen molar-refractivity contribution in [3.8, 4) is 22.9 Å². The van der Waals surface area contributed by atoms with Crippen LogP contribution in [-0.4, -0.2) is 53.2 Å². The first-order valence-corrected chi connectivity index (χ1v) is 11.4. The number of ether oxygens (including phenoxy) is 2. The predicted molar refractivity (Wildman–Crippen MR) is 124 cm³/mol. The molecule has 1 aliphatic heterocycles. The van der Waals surface area contributed by atoms with Crippen molar-refractivity contribution in [1.29, 1.82) is 0 Å². The molecule has 2 aromatic heterocycles. The maximum absolute atomic E-state index is 14.5. The fourth-order valence-electron chi connectivity index (χ4n) is 5.14. The molecule has 176 valence electrons. The Kier molecular flexibility index (Phi) is 4.89. The molecule has 2 fully saturated rings. The third-order valence-corrected chi connectivity index (χ3v) is 7.11. The van der Waals surface area contributed by atoms with Crippen LogP contribution in [0.3, 0.4) is 0 Å². The molecule has 1 atom stereocenters. The van der Waals surface area contributed by atoms with Crippen molar-refractivity contribution < 1.29 is 13.9 Å². The van der Waals surface area contributed by atoms with Gasteiger partial charge < -0.3 is 25.4 Å². The Morgan fingerprint density at radius 3 is 2.71 bits per heavy atom. The Labute approximate surface area is 196 Å². The molecule has 1 unspecified atom stereocenters. The van der Waals surface area contributed by atoms with Crippen molar-refractivity contribution in [1.82, 2.24) is 19.9 Å². The Morgan fingerprint density at radius 1 is 1.24 bits per heavy atom. The lowest BCUT2D eigenvalue weighted by atomic mass is 10.0. The number of hydrogen-bond acceptors (Lipinski definition) is 9. The highest BCUT2D eigenvalue weighted by molar-refractivity contribution is 5.88. The van der Waals surface area contributed by atoms with Crippen LogP contribution in [0.2, 0.25) is 0 Å². The van der Waals surface area contributed by atoms with E-state index in [1.807, 2.05) is 0 Å². The molecule has 0 amide bonds. The van der Waals surface area contributed by atoms with E-state index in [-0.39, 0.29) is 23.3 Å². The van der Waals surface area contributed by atoms with E-state index in [2.05, 4.69) is 20.2 Å². The summed E-state index contributed by atoms with van der Waals surface area (Å²) in [6.45, 7) is 1.84. The largest absolute Gasteiger partial charge is 0.421 e. The first-order valence-electron chi connectivity index (χ1n) is 11.4. The van der Waals surface area contributed by atoms with E-state index in [0.717, 1.165) is 53.3 Å². The summed E-state index contributed by atoms with van der Waals surface area (Å²) in [5.41, 5.74) is 10.9. The number of hydrogen-bond donors (Lipinski definition) is 2. The van der Waals surface area contributed by atoms with Gasteiger partial charge in [-0.3, -0.25) is 0 Å². The van der Waals surface area contributed by atoms with Gasteiger partial charge in [0.05, 0.1) is 18.1 Å². The molecule has 10 heteroatoms. The standard InChI is InChI=1S/C24H26FN7O2/c1-27-17-6-13(25)5-16-15(17)7-18-21(16)22(32-10-19(26)24(12-32)3-4-24)31-23(30-18)34-14-8-28-20(11-33-2)29-9-14/h5-6,8-9,19,27H,3-4,7,10-12,26H2,1-2H3. The molecule has 3 N–H and O–H groups in total. The van der Waals surface area contributed by atoms with Crippen LogP contribution in [0.5, 0.6) is 11.8 Å². The van der Waals surface area contributed by atoms with E-state index in [0.29, 0.717) is 31.1 Å². The minimum absolute atomic E-state index is 0.0884. The summed E-state index contributed by atoms with van der Waals surface area (Å²) in [5, 5.41) is 3.11. The molecule has 1 aromatic carbocycles. The zero-order valence-electron chi connectivity index (χ0n) is 19.1. The molecule has 9 nitrogen and oxygen atoms in total. The summed E-state index contributed by atoms with van der Waals surface area (Å²) >= 11 is 0. The summed E-state index contributed by atoms with van der Waals surface area (Å²) in [6, 6.07) is 3.38. The molecule has 34 heavy (non-hydrogen) atoms. The number of methoxy groups -OCH3 is 1. The smallest absolute Gasteiger partial charge is 0.324 e. The third kappa shape index (κ3) is 3.45. The zero-order chi connectivity index (χ0) is 23.4. The van der Waals surface area contributed by atoms with Gasteiger partial charge in [0.2, 0.25) is 0 Å². The van der Waals surface area contributed by atoms with Crippen molar-refractivity contribution in [3.05, 3.63) is 47.4 Å². The van der Waals surface area contributed by atoms with Gasteiger partial charge in [-0.05, 0) is 36.1 Å². The molecule has 0 bridgehead atoms. The lowest BCUT2D eigenvalue weighted by Gasteiger charge is -2.21. The maximum Gasteiger partial charge on any atom is 0.324 e. The molecule has 1 saturated heterocycles. The van der Waals surface area contributed by atoms with Gasteiger partial charge in [-0.2, -0.15) is 9.97 Å². The first-order chi connectivity index (χ1) is 16.5. The number of aromatic nitrogens is 4. The molecule has 3 aromatic rings. The number of nitrogens with two attached hydrogens (primary N) is 1. The number of nitrogens with zero attached hydrogens (tertiary/aromatic N) is 5. The second kappa shape index (κ2) is 7.85. The van der Waals surface area contributed by atoms with E-state index in [1.54, 1.807) is 32.6 Å². The molecule has 3 heterocycles. The van der Waals surface area contributed by atoms with Gasteiger partial charge in [0.15, 0.2) is 11.6 Å². The first kappa shape index (κ1) is 21.2. The summed E-state index contributed by atoms with van der Waals surface area (Å²) in [4.78, 5) is 20.2. The molecule has 1 spiro atoms. The van der Waals surface area contributed by atoms with Crippen LogP contribution in [-0.2, 0) is 17.8 Å². The molecule has 1 saturated carbocycles. The van der Waals surface area contributed by atoms with Gasteiger partial charge in [0.1, 0.15) is 18.2 Å². The van der Waals surface area contributed by atoms with Crippen LogP contribution >= 0.6 is 0 Å². The van der Waals surface area contributed by atoms with E-state index >= 15 is 0 Å². The average molecular weight is 464 g/mol. The number of halogens is 1. The summed E-state index contributed by atoms with van der Waals surface area (Å²) in [5.74, 6) is 1.43. The molecule has 6 rings (SSSR count). The minimum atomic E-state index is -0.299. The van der Waals surface area contributed by atoms with Crippen LogP contribution in [0.4, 0.5) is 15.9 Å². The Hall–Kier alpha value is -3.37. The van der Waals surface area contributed by atoms with Gasteiger partial charge in [-0.25, -0.2) is 14.4 Å². The normalized spacial score (nSPS) is 19.3. The summed E-state index contributed by atoms with van der Waals surface area (Å²) in [7, 11) is 3.38. The molecular formula is C24H26FN7O2. The van der Waals surface area contributed by atoms with E-state index in [1.165, 1.54) is 6.07 Å². The number of benzene rings is 1. The van der Waals surface area contributed by atoms with Gasteiger partial charge in [-0.1, -0.05) is 0 Å². The minimum Gasteiger partial charge on any atom is -0.421 e. The topological polar surface area (TPSA) is 111 Å². The van der Waals surface area contributed by atoms with E-state index in [9.17, 15) is 4.39 Å². The number of anilines is 2. The highest BCUT2D eigenvalue weighted by Crippen LogP contribution is 2.54. The van der Waals surface area contributed by atoms with Crippen LogP contribution in [0.1, 0.15) is 29.9 Å². The average Bonchev–Trinajstić information content (AvgIpc) is 3.41. The second-order valence-corrected chi connectivity index (χ2v) is 9.28. The predicted octanol–water partition coefficient (Wildman–Crippen LogP) is 2.88. The third-order valence-electron chi connectivity index (χ3n) is 7.11. The summed E-state index contributed by atoms with van der Waals surface area (Å²) in [6.07, 6.45) is 5.96. The monoisotopic (exact) mass is 463 g/mol. The lowest BCUT2D eigenvalue weighted by Crippen LogP contribution is -2.30. The Morgan fingerprint density at radius 2 is 2.03 bits per heavy atom. The van der Waals surface area contributed by atoms with Gasteiger partial charge in [0, 0.05) is 56.4 Å². The quantitative estimate of drug-likeness (QED) is 0.446. The van der Waals surface area contributed by atoms with E-state index < -0.39 is 0 Å². The van der Waals surface area contributed by atoms with Crippen LogP contribution < -0.4 is 20.7 Å². The highest BCUT2D eigenvalue weighted by atomic mass is 19.1. The van der Waals surface area contributed by atoms with Crippen molar-refractivity contribution in [3.63, 3.8) is 0 Å². The second-order valence-electron chi connectivity index (χ2n) is 9.28. The zero-order valence-corrected chi connectivity index (χ0v) is 19.1. The highest BCUT2D eigenvalue weighted by Gasteiger charge is 2.54.